The van der Waals surface area contributed by atoms with Crippen molar-refractivity contribution in [3.05, 3.63) is 29.8 Å². The van der Waals surface area contributed by atoms with Gasteiger partial charge >= 0.3 is 0 Å². The molecule has 2 nitrogen and oxygen atoms in total. The molecule has 1 fully saturated rings. The van der Waals surface area contributed by atoms with Gasteiger partial charge in [0.1, 0.15) is 5.54 Å². The molecule has 1 saturated carbocycles. The predicted octanol–water partition coefficient (Wildman–Crippen LogP) is 4.27. The lowest BCUT2D eigenvalue weighted by atomic mass is 9.68. The molecule has 0 aliphatic heterocycles. The molecule has 2 heteroatoms. The highest BCUT2D eigenvalue weighted by molar-refractivity contribution is 5.54. The van der Waals surface area contributed by atoms with Gasteiger partial charge in [-0.1, -0.05) is 32.0 Å². The third-order valence-electron chi connectivity index (χ3n) is 3.97. The van der Waals surface area contributed by atoms with Gasteiger partial charge in [-0.05, 0) is 49.7 Å². The SMILES string of the molecule is Cc1ccccc1NC1(C#N)CCCC(C)(C)C1. The Bertz CT molecular complexity index is 470. The number of nitrogens with one attached hydrogen (secondary N) is 1. The molecule has 1 aromatic rings. The predicted molar refractivity (Wildman–Crippen MR) is 75.4 cm³/mol. The van der Waals surface area contributed by atoms with E-state index in [-0.39, 0.29) is 5.41 Å². The van der Waals surface area contributed by atoms with E-state index in [1.807, 2.05) is 12.1 Å². The number of benzene rings is 1. The molecule has 0 saturated heterocycles. The van der Waals surface area contributed by atoms with Crippen LogP contribution in [-0.2, 0) is 0 Å². The van der Waals surface area contributed by atoms with Gasteiger partial charge in [0.2, 0.25) is 0 Å². The van der Waals surface area contributed by atoms with Crippen LogP contribution >= 0.6 is 0 Å². The van der Waals surface area contributed by atoms with Gasteiger partial charge in [0, 0.05) is 5.69 Å². The molecule has 96 valence electrons. The molecule has 2 rings (SSSR count). The molecule has 0 amide bonds. The highest BCUT2D eigenvalue weighted by atomic mass is 15.0. The number of nitrogens with zero attached hydrogens (tertiary/aromatic N) is 1. The van der Waals surface area contributed by atoms with Gasteiger partial charge in [-0.25, -0.2) is 0 Å². The fourth-order valence-electron chi connectivity index (χ4n) is 3.06. The third kappa shape index (κ3) is 2.67. The van der Waals surface area contributed by atoms with Crippen LogP contribution in [0, 0.1) is 23.7 Å². The summed E-state index contributed by atoms with van der Waals surface area (Å²) in [6.45, 7) is 6.61. The van der Waals surface area contributed by atoms with Gasteiger partial charge in [-0.15, -0.1) is 0 Å². The average molecular weight is 242 g/mol. The second kappa shape index (κ2) is 4.65. The van der Waals surface area contributed by atoms with Crippen molar-refractivity contribution in [1.29, 1.82) is 5.26 Å². The summed E-state index contributed by atoms with van der Waals surface area (Å²) in [7, 11) is 0. The smallest absolute Gasteiger partial charge is 0.125 e. The van der Waals surface area contributed by atoms with E-state index in [1.54, 1.807) is 0 Å². The Labute approximate surface area is 110 Å². The van der Waals surface area contributed by atoms with E-state index < -0.39 is 5.54 Å². The monoisotopic (exact) mass is 242 g/mol. The van der Waals surface area contributed by atoms with Crippen molar-refractivity contribution < 1.29 is 0 Å². The minimum atomic E-state index is -0.395. The highest BCUT2D eigenvalue weighted by Crippen LogP contribution is 2.42. The van der Waals surface area contributed by atoms with Gasteiger partial charge in [0.15, 0.2) is 0 Å². The summed E-state index contributed by atoms with van der Waals surface area (Å²) >= 11 is 0. The molecule has 1 unspecified atom stereocenters. The van der Waals surface area contributed by atoms with Gasteiger partial charge in [0.05, 0.1) is 6.07 Å². The van der Waals surface area contributed by atoms with E-state index in [9.17, 15) is 5.26 Å². The van der Waals surface area contributed by atoms with Crippen molar-refractivity contribution in [3.63, 3.8) is 0 Å². The van der Waals surface area contributed by atoms with Crippen LogP contribution in [0.25, 0.3) is 0 Å². The van der Waals surface area contributed by atoms with Crippen molar-refractivity contribution in [1.82, 2.24) is 0 Å². The number of rotatable bonds is 2. The quantitative estimate of drug-likeness (QED) is 0.840. The molecule has 18 heavy (non-hydrogen) atoms. The van der Waals surface area contributed by atoms with Crippen LogP contribution in [0.4, 0.5) is 5.69 Å². The summed E-state index contributed by atoms with van der Waals surface area (Å²) in [4.78, 5) is 0. The summed E-state index contributed by atoms with van der Waals surface area (Å²) in [6.07, 6.45) is 4.21. The molecule has 1 N–H and O–H groups in total. The largest absolute Gasteiger partial charge is 0.367 e. The normalized spacial score (nSPS) is 26.3. The van der Waals surface area contributed by atoms with Crippen molar-refractivity contribution >= 4 is 5.69 Å². The lowest BCUT2D eigenvalue weighted by Crippen LogP contribution is -2.44. The standard InChI is InChI=1S/C16H22N2/c1-13-7-4-5-8-14(13)18-16(12-17)10-6-9-15(2,3)11-16/h4-5,7-8,18H,6,9-11H2,1-3H3. The molecule has 0 aromatic heterocycles. The van der Waals surface area contributed by atoms with E-state index >= 15 is 0 Å². The maximum Gasteiger partial charge on any atom is 0.125 e. The number of hydrogen-bond acceptors (Lipinski definition) is 2. The summed E-state index contributed by atoms with van der Waals surface area (Å²) in [6, 6.07) is 10.7. The molecule has 1 aliphatic rings. The third-order valence-corrected chi connectivity index (χ3v) is 3.97. The molecular formula is C16H22N2. The van der Waals surface area contributed by atoms with E-state index in [2.05, 4.69) is 44.3 Å². The van der Waals surface area contributed by atoms with Crippen molar-refractivity contribution in [2.24, 2.45) is 5.41 Å². The van der Waals surface area contributed by atoms with E-state index in [1.165, 1.54) is 12.0 Å². The Balaban J connectivity index is 2.24. The minimum Gasteiger partial charge on any atom is -0.367 e. The zero-order valence-corrected chi connectivity index (χ0v) is 11.6. The fraction of sp³-hybridized carbons (Fsp3) is 0.562. The summed E-state index contributed by atoms with van der Waals surface area (Å²) < 4.78 is 0. The van der Waals surface area contributed by atoms with Crippen LogP contribution in [0.5, 0.6) is 0 Å². The van der Waals surface area contributed by atoms with Crippen LogP contribution in [0.3, 0.4) is 0 Å². The van der Waals surface area contributed by atoms with Crippen molar-refractivity contribution in [2.75, 3.05) is 5.32 Å². The van der Waals surface area contributed by atoms with Crippen LogP contribution in [0.2, 0.25) is 0 Å². The average Bonchev–Trinajstić information content (AvgIpc) is 2.31. The van der Waals surface area contributed by atoms with Gasteiger partial charge in [-0.2, -0.15) is 5.26 Å². The lowest BCUT2D eigenvalue weighted by molar-refractivity contribution is 0.197. The fourth-order valence-corrected chi connectivity index (χ4v) is 3.06. The number of hydrogen-bond donors (Lipinski definition) is 1. The summed E-state index contributed by atoms with van der Waals surface area (Å²) in [5, 5.41) is 13.1. The van der Waals surface area contributed by atoms with Gasteiger partial charge in [-0.3, -0.25) is 0 Å². The first-order valence-corrected chi connectivity index (χ1v) is 6.72. The Kier molecular flexibility index (Phi) is 3.34. The van der Waals surface area contributed by atoms with Crippen LogP contribution in [0.15, 0.2) is 24.3 Å². The molecular weight excluding hydrogens is 220 g/mol. The molecule has 0 spiro atoms. The first kappa shape index (κ1) is 13.0. The van der Waals surface area contributed by atoms with Crippen molar-refractivity contribution in [3.8, 4) is 6.07 Å². The van der Waals surface area contributed by atoms with Gasteiger partial charge in [0.25, 0.3) is 0 Å². The zero-order valence-electron chi connectivity index (χ0n) is 11.6. The molecule has 0 bridgehead atoms. The van der Waals surface area contributed by atoms with E-state index in [0.29, 0.717) is 0 Å². The molecule has 0 radical (unpaired) electrons. The molecule has 1 atom stereocenters. The maximum atomic E-state index is 9.61. The topological polar surface area (TPSA) is 35.8 Å². The Morgan fingerprint density at radius 3 is 2.56 bits per heavy atom. The van der Waals surface area contributed by atoms with Crippen LogP contribution < -0.4 is 5.32 Å². The number of aryl methyl sites for hydroxylation is 1. The highest BCUT2D eigenvalue weighted by Gasteiger charge is 2.40. The first-order valence-electron chi connectivity index (χ1n) is 6.72. The summed E-state index contributed by atoms with van der Waals surface area (Å²) in [5.41, 5.74) is 2.16. The zero-order chi connectivity index (χ0) is 13.2. The Morgan fingerprint density at radius 2 is 1.94 bits per heavy atom. The van der Waals surface area contributed by atoms with Crippen molar-refractivity contribution in [2.45, 2.75) is 52.0 Å². The Hall–Kier alpha value is -1.49. The molecule has 1 aromatic carbocycles. The molecule has 1 aliphatic carbocycles. The first-order chi connectivity index (χ1) is 8.46. The maximum absolute atomic E-state index is 9.61. The van der Waals surface area contributed by atoms with E-state index in [0.717, 1.165) is 24.9 Å². The van der Waals surface area contributed by atoms with Gasteiger partial charge < -0.3 is 5.32 Å². The molecule has 0 heterocycles. The second-order valence-electron chi connectivity index (χ2n) is 6.33. The number of nitriles is 1. The van der Waals surface area contributed by atoms with Crippen LogP contribution in [-0.4, -0.2) is 5.54 Å². The Morgan fingerprint density at radius 1 is 1.22 bits per heavy atom. The summed E-state index contributed by atoms with van der Waals surface area (Å²) in [5.74, 6) is 0. The van der Waals surface area contributed by atoms with E-state index in [4.69, 9.17) is 0 Å². The second-order valence-corrected chi connectivity index (χ2v) is 6.33. The minimum absolute atomic E-state index is 0.254. The van der Waals surface area contributed by atoms with Crippen LogP contribution in [0.1, 0.15) is 45.1 Å². The number of para-hydroxylation sites is 1. The number of anilines is 1. The lowest BCUT2D eigenvalue weighted by Gasteiger charge is -2.41.